The van der Waals surface area contributed by atoms with Crippen molar-refractivity contribution in [1.82, 2.24) is 9.88 Å². The van der Waals surface area contributed by atoms with Gasteiger partial charge in [0.25, 0.3) is 5.56 Å². The average Bonchev–Trinajstić information content (AvgIpc) is 2.40. The smallest absolute Gasteiger partial charge is 0.255 e. The van der Waals surface area contributed by atoms with Crippen LogP contribution in [0.25, 0.3) is 10.9 Å². The predicted molar refractivity (Wildman–Crippen MR) is 77.7 cm³/mol. The van der Waals surface area contributed by atoms with E-state index in [9.17, 15) is 4.79 Å². The number of benzene rings is 1. The third-order valence-corrected chi connectivity index (χ3v) is 3.21. The zero-order valence-corrected chi connectivity index (χ0v) is 11.9. The summed E-state index contributed by atoms with van der Waals surface area (Å²) in [6.45, 7) is 4.71. The van der Waals surface area contributed by atoms with Crippen LogP contribution in [0.3, 0.4) is 0 Å². The molecule has 0 aliphatic rings. The first-order chi connectivity index (χ1) is 9.02. The summed E-state index contributed by atoms with van der Waals surface area (Å²) < 4.78 is 6.91. The number of hydrogen-bond donors (Lipinski definition) is 1. The van der Waals surface area contributed by atoms with Crippen molar-refractivity contribution in [2.75, 3.05) is 7.11 Å². The molecule has 2 rings (SSSR count). The Hall–Kier alpha value is -1.81. The lowest BCUT2D eigenvalue weighted by molar-refractivity contribution is 0.415. The SMILES string of the molecule is COc1ccc2c(c1)cc(CNC(C)C)c(=O)n2C. The Morgan fingerprint density at radius 2 is 2.05 bits per heavy atom. The molecule has 0 radical (unpaired) electrons. The quantitative estimate of drug-likeness (QED) is 0.915. The molecule has 0 fully saturated rings. The van der Waals surface area contributed by atoms with Crippen molar-refractivity contribution in [3.8, 4) is 5.75 Å². The van der Waals surface area contributed by atoms with Gasteiger partial charge in [0, 0.05) is 30.6 Å². The first-order valence-electron chi connectivity index (χ1n) is 6.43. The van der Waals surface area contributed by atoms with Crippen molar-refractivity contribution in [1.29, 1.82) is 0 Å². The van der Waals surface area contributed by atoms with Gasteiger partial charge in [-0.25, -0.2) is 0 Å². The molecular formula is C15H20N2O2. The van der Waals surface area contributed by atoms with Crippen molar-refractivity contribution < 1.29 is 4.74 Å². The van der Waals surface area contributed by atoms with Gasteiger partial charge in [-0.05, 0) is 24.3 Å². The standard InChI is InChI=1S/C15H20N2O2/c1-10(2)16-9-12-7-11-8-13(19-4)5-6-14(11)17(3)15(12)18/h5-8,10,16H,9H2,1-4H3. The van der Waals surface area contributed by atoms with Gasteiger partial charge in [0.15, 0.2) is 0 Å². The molecule has 0 aliphatic heterocycles. The van der Waals surface area contributed by atoms with Crippen LogP contribution in [0, 0.1) is 0 Å². The van der Waals surface area contributed by atoms with E-state index in [1.165, 1.54) is 0 Å². The summed E-state index contributed by atoms with van der Waals surface area (Å²) >= 11 is 0. The summed E-state index contributed by atoms with van der Waals surface area (Å²) in [6.07, 6.45) is 0. The highest BCUT2D eigenvalue weighted by atomic mass is 16.5. The van der Waals surface area contributed by atoms with Crippen LogP contribution in [0.15, 0.2) is 29.1 Å². The molecule has 4 heteroatoms. The summed E-state index contributed by atoms with van der Waals surface area (Å²) in [7, 11) is 3.44. The van der Waals surface area contributed by atoms with E-state index in [1.807, 2.05) is 24.3 Å². The van der Waals surface area contributed by atoms with Crippen molar-refractivity contribution >= 4 is 10.9 Å². The third-order valence-electron chi connectivity index (χ3n) is 3.21. The first kappa shape index (κ1) is 13.6. The van der Waals surface area contributed by atoms with Gasteiger partial charge in [0.05, 0.1) is 12.6 Å². The lowest BCUT2D eigenvalue weighted by Crippen LogP contribution is -2.29. The molecule has 0 aliphatic carbocycles. The van der Waals surface area contributed by atoms with Crippen LogP contribution in [-0.2, 0) is 13.6 Å². The fourth-order valence-electron chi connectivity index (χ4n) is 2.10. The second kappa shape index (κ2) is 5.45. The van der Waals surface area contributed by atoms with Gasteiger partial charge in [-0.15, -0.1) is 0 Å². The maximum absolute atomic E-state index is 12.2. The Kier molecular flexibility index (Phi) is 3.90. The summed E-state index contributed by atoms with van der Waals surface area (Å²) in [5.74, 6) is 0.800. The molecule has 4 nitrogen and oxygen atoms in total. The Morgan fingerprint density at radius 1 is 1.32 bits per heavy atom. The number of nitrogens with one attached hydrogen (secondary N) is 1. The van der Waals surface area contributed by atoms with Gasteiger partial charge in [0.2, 0.25) is 0 Å². The highest BCUT2D eigenvalue weighted by molar-refractivity contribution is 5.81. The highest BCUT2D eigenvalue weighted by Crippen LogP contribution is 2.20. The van der Waals surface area contributed by atoms with Crippen molar-refractivity contribution in [3.05, 3.63) is 40.2 Å². The molecule has 1 aromatic heterocycles. The van der Waals surface area contributed by atoms with Crippen LogP contribution in [0.2, 0.25) is 0 Å². The molecule has 0 atom stereocenters. The Balaban J connectivity index is 2.53. The van der Waals surface area contributed by atoms with Gasteiger partial charge in [0.1, 0.15) is 5.75 Å². The van der Waals surface area contributed by atoms with Gasteiger partial charge in [-0.2, -0.15) is 0 Å². The Bertz CT molecular complexity index is 644. The van der Waals surface area contributed by atoms with Gasteiger partial charge in [-0.3, -0.25) is 4.79 Å². The maximum atomic E-state index is 12.2. The molecule has 0 saturated heterocycles. The van der Waals surface area contributed by atoms with Gasteiger partial charge < -0.3 is 14.6 Å². The molecule has 0 bridgehead atoms. The molecule has 0 saturated carbocycles. The zero-order valence-electron chi connectivity index (χ0n) is 11.9. The van der Waals surface area contributed by atoms with E-state index in [0.717, 1.165) is 22.2 Å². The monoisotopic (exact) mass is 260 g/mol. The van der Waals surface area contributed by atoms with Gasteiger partial charge in [-0.1, -0.05) is 13.8 Å². The molecule has 19 heavy (non-hydrogen) atoms. The molecule has 1 aromatic carbocycles. The second-order valence-electron chi connectivity index (χ2n) is 4.99. The van der Waals surface area contributed by atoms with E-state index < -0.39 is 0 Å². The number of pyridine rings is 1. The van der Waals surface area contributed by atoms with Crippen molar-refractivity contribution in [3.63, 3.8) is 0 Å². The van der Waals surface area contributed by atoms with E-state index in [4.69, 9.17) is 4.74 Å². The third kappa shape index (κ3) is 2.79. The van der Waals surface area contributed by atoms with Crippen molar-refractivity contribution in [2.24, 2.45) is 7.05 Å². The van der Waals surface area contributed by atoms with Crippen LogP contribution >= 0.6 is 0 Å². The molecule has 1 N–H and O–H groups in total. The summed E-state index contributed by atoms with van der Waals surface area (Å²) in [5, 5.41) is 4.29. The van der Waals surface area contributed by atoms with Crippen LogP contribution in [0.4, 0.5) is 0 Å². The fourth-order valence-corrected chi connectivity index (χ4v) is 2.10. The number of fused-ring (bicyclic) bond motifs is 1. The number of nitrogens with zero attached hydrogens (tertiary/aromatic N) is 1. The van der Waals surface area contributed by atoms with Gasteiger partial charge >= 0.3 is 0 Å². The van der Waals surface area contributed by atoms with Crippen molar-refractivity contribution in [2.45, 2.75) is 26.4 Å². The summed E-state index contributed by atoms with van der Waals surface area (Å²) in [6, 6.07) is 8.03. The fraction of sp³-hybridized carbons (Fsp3) is 0.400. The maximum Gasteiger partial charge on any atom is 0.255 e. The minimum Gasteiger partial charge on any atom is -0.497 e. The average molecular weight is 260 g/mol. The van der Waals surface area contributed by atoms with Crippen LogP contribution in [0.5, 0.6) is 5.75 Å². The van der Waals surface area contributed by atoms with Crippen LogP contribution in [0.1, 0.15) is 19.4 Å². The Morgan fingerprint density at radius 3 is 2.68 bits per heavy atom. The number of rotatable bonds is 4. The number of ether oxygens (including phenoxy) is 1. The molecule has 0 unspecified atom stereocenters. The summed E-state index contributed by atoms with van der Waals surface area (Å²) in [5.41, 5.74) is 1.74. The van der Waals surface area contributed by atoms with E-state index in [-0.39, 0.29) is 5.56 Å². The van der Waals surface area contributed by atoms with E-state index in [2.05, 4.69) is 19.2 Å². The molecule has 2 aromatic rings. The second-order valence-corrected chi connectivity index (χ2v) is 4.99. The largest absolute Gasteiger partial charge is 0.497 e. The van der Waals surface area contributed by atoms with Crippen LogP contribution < -0.4 is 15.6 Å². The normalized spacial score (nSPS) is 11.2. The molecule has 102 valence electrons. The molecular weight excluding hydrogens is 240 g/mol. The first-order valence-corrected chi connectivity index (χ1v) is 6.43. The van der Waals surface area contributed by atoms with E-state index in [1.54, 1.807) is 18.7 Å². The molecule has 1 heterocycles. The van der Waals surface area contributed by atoms with Crippen LogP contribution in [-0.4, -0.2) is 17.7 Å². The topological polar surface area (TPSA) is 43.3 Å². The van der Waals surface area contributed by atoms with E-state index >= 15 is 0 Å². The zero-order chi connectivity index (χ0) is 14.0. The predicted octanol–water partition coefficient (Wildman–Crippen LogP) is 2.05. The Labute approximate surface area is 113 Å². The molecule has 0 amide bonds. The number of aryl methyl sites for hydroxylation is 1. The minimum absolute atomic E-state index is 0.0471. The number of aromatic nitrogens is 1. The lowest BCUT2D eigenvalue weighted by atomic mass is 10.1. The highest BCUT2D eigenvalue weighted by Gasteiger charge is 2.08. The molecule has 0 spiro atoms. The van der Waals surface area contributed by atoms with E-state index in [0.29, 0.717) is 12.6 Å². The lowest BCUT2D eigenvalue weighted by Gasteiger charge is -2.12. The minimum atomic E-state index is 0.0471. The number of methoxy groups -OCH3 is 1. The summed E-state index contributed by atoms with van der Waals surface area (Å²) in [4.78, 5) is 12.2. The number of hydrogen-bond acceptors (Lipinski definition) is 3.